The normalized spacial score (nSPS) is 8.72. The number of benzene rings is 1. The van der Waals surface area contributed by atoms with Crippen LogP contribution in [-0.4, -0.2) is 11.0 Å². The van der Waals surface area contributed by atoms with Crippen molar-refractivity contribution in [3.05, 3.63) is 59.9 Å². The second-order valence-electron chi connectivity index (χ2n) is 3.15. The quantitative estimate of drug-likeness (QED) is 0.729. The number of pyridine rings is 1. The van der Waals surface area contributed by atoms with Crippen LogP contribution in [0.3, 0.4) is 0 Å². The van der Waals surface area contributed by atoms with E-state index in [1.807, 2.05) is 18.2 Å². The average Bonchev–Trinajstić information content (AvgIpc) is 2.39. The molecule has 0 fully saturated rings. The number of nitrogens with zero attached hydrogens (tertiary/aromatic N) is 1. The van der Waals surface area contributed by atoms with Crippen LogP contribution in [0.1, 0.15) is 0 Å². The fraction of sp³-hybridized carbons (Fsp3) is 0. The molecule has 0 aliphatic rings. The predicted octanol–water partition coefficient (Wildman–Crippen LogP) is 2.42. The molecule has 0 radical (unpaired) electrons. The van der Waals surface area contributed by atoms with Crippen molar-refractivity contribution in [1.29, 1.82) is 0 Å². The van der Waals surface area contributed by atoms with Gasteiger partial charge in [0.25, 0.3) is 0 Å². The van der Waals surface area contributed by atoms with E-state index < -0.39 is 6.03 Å². The van der Waals surface area contributed by atoms with Crippen molar-refractivity contribution in [2.24, 2.45) is 5.73 Å². The minimum Gasteiger partial charge on any atom is -0.350 e. The van der Waals surface area contributed by atoms with Gasteiger partial charge in [-0.15, -0.1) is 0 Å². The number of rotatable bonds is 2. The first-order chi connectivity index (χ1) is 8.68. The fourth-order valence-corrected chi connectivity index (χ4v) is 1.20. The summed E-state index contributed by atoms with van der Waals surface area (Å²) in [7, 11) is 0. The van der Waals surface area contributed by atoms with E-state index in [9.17, 15) is 4.79 Å². The van der Waals surface area contributed by atoms with Crippen molar-refractivity contribution in [3.8, 4) is 0 Å². The van der Waals surface area contributed by atoms with Crippen molar-refractivity contribution in [2.75, 3.05) is 5.43 Å². The van der Waals surface area contributed by atoms with Crippen LogP contribution in [0.4, 0.5) is 10.5 Å². The number of hydrogen-bond acceptors (Lipinski definition) is 3. The lowest BCUT2D eigenvalue weighted by atomic mass is 10.3. The molecule has 0 bridgehead atoms. The zero-order valence-corrected chi connectivity index (χ0v) is 10.3. The Kier molecular flexibility index (Phi) is 6.07. The molecule has 5 nitrogen and oxygen atoms in total. The molecule has 1 heterocycles. The second-order valence-corrected chi connectivity index (χ2v) is 3.59. The first-order valence-corrected chi connectivity index (χ1v) is 5.48. The van der Waals surface area contributed by atoms with Crippen molar-refractivity contribution in [1.82, 2.24) is 10.4 Å². The van der Waals surface area contributed by atoms with Crippen LogP contribution in [-0.2, 0) is 0 Å². The largest absolute Gasteiger partial charge is 0.350 e. The molecule has 0 spiro atoms. The van der Waals surface area contributed by atoms with Crippen molar-refractivity contribution < 1.29 is 4.79 Å². The van der Waals surface area contributed by atoms with Crippen LogP contribution >= 0.6 is 11.6 Å². The molecular weight excluding hydrogens is 252 g/mol. The van der Waals surface area contributed by atoms with Gasteiger partial charge in [-0.1, -0.05) is 23.7 Å². The summed E-state index contributed by atoms with van der Waals surface area (Å²) in [6.07, 6.45) is 3.50. The van der Waals surface area contributed by atoms with Crippen LogP contribution in [0.5, 0.6) is 0 Å². The van der Waals surface area contributed by atoms with Gasteiger partial charge >= 0.3 is 6.03 Å². The summed E-state index contributed by atoms with van der Waals surface area (Å²) >= 11 is 5.68. The Hall–Kier alpha value is -2.27. The zero-order valence-electron chi connectivity index (χ0n) is 9.51. The van der Waals surface area contributed by atoms with Crippen molar-refractivity contribution >= 4 is 23.3 Å². The van der Waals surface area contributed by atoms with E-state index in [-0.39, 0.29) is 0 Å². The maximum atomic E-state index is 10.3. The Morgan fingerprint density at radius 1 is 1.17 bits per heavy atom. The van der Waals surface area contributed by atoms with Gasteiger partial charge in [0.1, 0.15) is 0 Å². The Morgan fingerprint density at radius 3 is 2.33 bits per heavy atom. The van der Waals surface area contributed by atoms with E-state index >= 15 is 0 Å². The number of carbonyl (C=O) groups excluding carboxylic acids is 1. The van der Waals surface area contributed by atoms with E-state index in [1.54, 1.807) is 36.7 Å². The molecule has 1 aromatic carbocycles. The Labute approximate surface area is 110 Å². The maximum Gasteiger partial charge on any atom is 0.330 e. The maximum absolute atomic E-state index is 10.3. The lowest BCUT2D eigenvalue weighted by molar-refractivity contribution is 0.250. The summed E-state index contributed by atoms with van der Waals surface area (Å²) in [6, 6.07) is 12.0. The molecule has 0 atom stereocenters. The number of hydrogen-bond donors (Lipinski definition) is 3. The lowest BCUT2D eigenvalue weighted by Gasteiger charge is -2.05. The molecule has 1 aromatic heterocycles. The highest BCUT2D eigenvalue weighted by Gasteiger charge is 1.93. The van der Waals surface area contributed by atoms with Gasteiger partial charge in [-0.2, -0.15) is 0 Å². The molecule has 2 rings (SSSR count). The second kappa shape index (κ2) is 7.92. The number of anilines is 1. The average molecular weight is 265 g/mol. The number of amides is 2. The summed E-state index contributed by atoms with van der Waals surface area (Å²) < 4.78 is 0. The lowest BCUT2D eigenvalue weighted by Crippen LogP contribution is -2.34. The topological polar surface area (TPSA) is 80.0 Å². The Balaban J connectivity index is 0.000000225. The van der Waals surface area contributed by atoms with E-state index in [1.165, 1.54) is 0 Å². The first kappa shape index (κ1) is 13.8. The summed E-state index contributed by atoms with van der Waals surface area (Å²) in [6.45, 7) is 0. The minimum absolute atomic E-state index is 0.589. The molecule has 0 aliphatic carbocycles. The van der Waals surface area contributed by atoms with Gasteiger partial charge in [0.05, 0.1) is 5.69 Å². The van der Waals surface area contributed by atoms with E-state index in [4.69, 9.17) is 17.3 Å². The molecule has 0 saturated carbocycles. The monoisotopic (exact) mass is 264 g/mol. The van der Waals surface area contributed by atoms with Crippen LogP contribution in [0.25, 0.3) is 0 Å². The molecule has 0 aliphatic heterocycles. The van der Waals surface area contributed by atoms with Gasteiger partial charge < -0.3 is 5.73 Å². The number of carbonyl (C=O) groups is 1. The van der Waals surface area contributed by atoms with E-state index in [0.29, 0.717) is 10.7 Å². The van der Waals surface area contributed by atoms with Crippen molar-refractivity contribution in [2.45, 2.75) is 0 Å². The highest BCUT2D eigenvalue weighted by Crippen LogP contribution is 2.13. The molecule has 2 aromatic rings. The molecular formula is C12H13ClN4O. The van der Waals surface area contributed by atoms with Gasteiger partial charge in [0, 0.05) is 17.4 Å². The number of hydrazine groups is 1. The summed E-state index contributed by atoms with van der Waals surface area (Å²) in [5, 5.41) is 0.589. The molecule has 2 amide bonds. The van der Waals surface area contributed by atoms with Gasteiger partial charge in [-0.05, 0) is 30.3 Å². The fourth-order valence-electron chi connectivity index (χ4n) is 1.01. The van der Waals surface area contributed by atoms with Crippen molar-refractivity contribution in [3.63, 3.8) is 0 Å². The van der Waals surface area contributed by atoms with Crippen LogP contribution in [0, 0.1) is 0 Å². The molecule has 6 heteroatoms. The number of halogens is 1. The molecule has 0 unspecified atom stereocenters. The third-order valence-corrected chi connectivity index (χ3v) is 1.96. The third kappa shape index (κ3) is 6.34. The highest BCUT2D eigenvalue weighted by atomic mass is 35.5. The van der Waals surface area contributed by atoms with Crippen LogP contribution in [0.15, 0.2) is 54.9 Å². The molecule has 18 heavy (non-hydrogen) atoms. The minimum atomic E-state index is -0.644. The van der Waals surface area contributed by atoms with Gasteiger partial charge in [0.2, 0.25) is 0 Å². The Bertz CT molecular complexity index is 452. The van der Waals surface area contributed by atoms with E-state index in [2.05, 4.69) is 15.8 Å². The number of nitrogens with one attached hydrogen (secondary N) is 2. The van der Waals surface area contributed by atoms with Gasteiger partial charge in [-0.3, -0.25) is 15.8 Å². The number of nitrogens with two attached hydrogens (primary N) is 1. The van der Waals surface area contributed by atoms with Crippen LogP contribution in [0.2, 0.25) is 5.02 Å². The molecule has 4 N–H and O–H groups in total. The van der Waals surface area contributed by atoms with Crippen LogP contribution < -0.4 is 16.6 Å². The van der Waals surface area contributed by atoms with Gasteiger partial charge in [-0.25, -0.2) is 4.79 Å². The number of urea groups is 1. The van der Waals surface area contributed by atoms with Gasteiger partial charge in [0.15, 0.2) is 0 Å². The highest BCUT2D eigenvalue weighted by molar-refractivity contribution is 6.30. The smallest absolute Gasteiger partial charge is 0.330 e. The summed E-state index contributed by atoms with van der Waals surface area (Å²) in [5.74, 6) is 0. The summed E-state index contributed by atoms with van der Waals surface area (Å²) in [4.78, 5) is 14.1. The SMILES string of the molecule is NC(=O)NNc1cccc(Cl)c1.c1ccncc1. The first-order valence-electron chi connectivity index (χ1n) is 5.10. The summed E-state index contributed by atoms with van der Waals surface area (Å²) in [5.41, 5.74) is 10.3. The standard InChI is InChI=1S/C7H8ClN3O.C5H5N/c8-5-2-1-3-6(4-5)10-11-7(9)12;1-2-4-6-5-3-1/h1-4,10H,(H3,9,11,12);1-5H. The number of primary amides is 1. The zero-order chi connectivity index (χ0) is 13.2. The predicted molar refractivity (Wildman–Crippen MR) is 72.0 cm³/mol. The molecule has 0 saturated heterocycles. The Morgan fingerprint density at radius 2 is 1.89 bits per heavy atom. The third-order valence-electron chi connectivity index (χ3n) is 1.72. The molecule has 94 valence electrons. The number of aromatic nitrogens is 1. The van der Waals surface area contributed by atoms with E-state index in [0.717, 1.165) is 0 Å².